The largest absolute Gasteiger partial charge is 0.394 e. The summed E-state index contributed by atoms with van der Waals surface area (Å²) < 4.78 is 64.8. The van der Waals surface area contributed by atoms with Crippen LogP contribution >= 0.6 is 0 Å². The fourth-order valence-electron chi connectivity index (χ4n) is 3.13. The van der Waals surface area contributed by atoms with Crippen molar-refractivity contribution in [1.82, 2.24) is 9.21 Å². The fraction of sp³-hybridized carbons (Fsp3) is 0.923. The third kappa shape index (κ3) is 2.84. The van der Waals surface area contributed by atoms with E-state index in [9.17, 15) is 26.4 Å². The summed E-state index contributed by atoms with van der Waals surface area (Å²) in [5.41, 5.74) is -0.632. The van der Waals surface area contributed by atoms with E-state index in [0.29, 0.717) is 12.8 Å². The fourth-order valence-corrected chi connectivity index (χ4v) is 4.69. The van der Waals surface area contributed by atoms with Gasteiger partial charge in [-0.25, -0.2) is 12.7 Å². The van der Waals surface area contributed by atoms with Crippen LogP contribution in [-0.4, -0.2) is 62.1 Å². The summed E-state index contributed by atoms with van der Waals surface area (Å²) in [5.74, 6) is -2.39. The molecular formula is C13H21F3N2O3S. The molecule has 1 aliphatic carbocycles. The number of amides is 1. The molecule has 0 aromatic carbocycles. The average Bonchev–Trinajstić information content (AvgIpc) is 2.80. The summed E-state index contributed by atoms with van der Waals surface area (Å²) in [4.78, 5) is 13.5. The molecule has 0 N–H and O–H groups in total. The first-order valence-corrected chi connectivity index (χ1v) is 8.67. The summed E-state index contributed by atoms with van der Waals surface area (Å²) >= 11 is 0. The molecule has 9 heteroatoms. The van der Waals surface area contributed by atoms with Crippen molar-refractivity contribution in [3.05, 3.63) is 0 Å². The molecule has 5 nitrogen and oxygen atoms in total. The zero-order chi connectivity index (χ0) is 16.9. The van der Waals surface area contributed by atoms with Crippen molar-refractivity contribution in [2.75, 3.05) is 27.2 Å². The minimum atomic E-state index is -4.65. The van der Waals surface area contributed by atoms with Crippen LogP contribution in [0.4, 0.5) is 13.2 Å². The lowest BCUT2D eigenvalue weighted by Gasteiger charge is -2.39. The number of halogens is 3. The average molecular weight is 342 g/mol. The standard InChI is InChI=1S/C13H21F3N2O3S/c1-12(5-4-6-12)11(19)18-7-9(13(14,15)16)10(8-18)22(20,21)17(2)3/h9-10H,4-8H2,1-3H3/t9-,10-/m1/s1. The van der Waals surface area contributed by atoms with Crippen molar-refractivity contribution < 1.29 is 26.4 Å². The Morgan fingerprint density at radius 2 is 1.77 bits per heavy atom. The monoisotopic (exact) mass is 342 g/mol. The molecule has 0 spiro atoms. The summed E-state index contributed by atoms with van der Waals surface area (Å²) in [6.07, 6.45) is -2.49. The van der Waals surface area contributed by atoms with Gasteiger partial charge in [0.2, 0.25) is 15.9 Å². The van der Waals surface area contributed by atoms with E-state index >= 15 is 0 Å². The molecule has 2 aliphatic rings. The highest BCUT2D eigenvalue weighted by molar-refractivity contribution is 7.89. The highest BCUT2D eigenvalue weighted by Crippen LogP contribution is 2.45. The number of carbonyl (C=O) groups is 1. The lowest BCUT2D eigenvalue weighted by Crippen LogP contribution is -2.46. The lowest BCUT2D eigenvalue weighted by atomic mass is 9.69. The van der Waals surface area contributed by atoms with Crippen LogP contribution in [0.25, 0.3) is 0 Å². The Balaban J connectivity index is 2.28. The number of sulfonamides is 1. The van der Waals surface area contributed by atoms with Gasteiger partial charge in [0.1, 0.15) is 5.25 Å². The van der Waals surface area contributed by atoms with Crippen LogP contribution < -0.4 is 0 Å². The Labute approximate surface area is 128 Å². The number of alkyl halides is 3. The molecule has 2 rings (SSSR count). The third-order valence-corrected chi connectivity index (χ3v) is 7.10. The maximum Gasteiger partial charge on any atom is 0.394 e. The Morgan fingerprint density at radius 3 is 2.14 bits per heavy atom. The molecule has 128 valence electrons. The third-order valence-electron chi connectivity index (χ3n) is 4.84. The highest BCUT2D eigenvalue weighted by Gasteiger charge is 2.57. The summed E-state index contributed by atoms with van der Waals surface area (Å²) in [6.45, 7) is 0.768. The molecular weight excluding hydrogens is 321 g/mol. The molecule has 1 amide bonds. The van der Waals surface area contributed by atoms with Crippen LogP contribution in [-0.2, 0) is 14.8 Å². The van der Waals surface area contributed by atoms with Gasteiger partial charge in [0.15, 0.2) is 0 Å². The van der Waals surface area contributed by atoms with E-state index in [1.165, 1.54) is 14.1 Å². The Morgan fingerprint density at radius 1 is 1.23 bits per heavy atom. The summed E-state index contributed by atoms with van der Waals surface area (Å²) in [5, 5.41) is -1.63. The smallest absolute Gasteiger partial charge is 0.340 e. The minimum absolute atomic E-state index is 0.357. The number of likely N-dealkylation sites (tertiary alicyclic amines) is 1. The van der Waals surface area contributed by atoms with Crippen LogP contribution in [0.3, 0.4) is 0 Å². The van der Waals surface area contributed by atoms with Crippen LogP contribution in [0, 0.1) is 11.3 Å². The van der Waals surface area contributed by atoms with Crippen LogP contribution in [0.1, 0.15) is 26.2 Å². The molecule has 22 heavy (non-hydrogen) atoms. The molecule has 0 bridgehead atoms. The van der Waals surface area contributed by atoms with Gasteiger partial charge in [0.05, 0.1) is 5.92 Å². The van der Waals surface area contributed by atoms with Gasteiger partial charge in [-0.05, 0) is 12.8 Å². The second kappa shape index (κ2) is 5.36. The molecule has 1 saturated heterocycles. The SMILES string of the molecule is CN(C)S(=O)(=O)[C@@H]1CN(C(=O)C2(C)CCC2)C[C@H]1C(F)(F)F. The zero-order valence-corrected chi connectivity index (χ0v) is 13.7. The molecule has 2 fully saturated rings. The Kier molecular flexibility index (Phi) is 4.27. The van der Waals surface area contributed by atoms with E-state index in [1.807, 2.05) is 0 Å². The minimum Gasteiger partial charge on any atom is -0.340 e. The first kappa shape index (κ1) is 17.5. The molecule has 1 saturated carbocycles. The maximum atomic E-state index is 13.2. The normalized spacial score (nSPS) is 28.8. The van der Waals surface area contributed by atoms with Gasteiger partial charge < -0.3 is 4.90 Å². The van der Waals surface area contributed by atoms with Crippen molar-refractivity contribution in [2.24, 2.45) is 11.3 Å². The van der Waals surface area contributed by atoms with Crippen LogP contribution in [0.15, 0.2) is 0 Å². The Hall–Kier alpha value is -0.830. The number of carbonyl (C=O) groups excluding carboxylic acids is 1. The van der Waals surface area contributed by atoms with E-state index in [4.69, 9.17) is 0 Å². The Bertz CT molecular complexity index is 555. The number of hydrogen-bond donors (Lipinski definition) is 0. The van der Waals surface area contributed by atoms with E-state index in [0.717, 1.165) is 15.6 Å². The van der Waals surface area contributed by atoms with Gasteiger partial charge in [0.25, 0.3) is 0 Å². The highest BCUT2D eigenvalue weighted by atomic mass is 32.2. The second-order valence-electron chi connectivity index (χ2n) is 6.64. The molecule has 0 aromatic rings. The molecule has 1 heterocycles. The zero-order valence-electron chi connectivity index (χ0n) is 12.9. The topological polar surface area (TPSA) is 57.7 Å². The van der Waals surface area contributed by atoms with Gasteiger partial charge in [0, 0.05) is 32.6 Å². The van der Waals surface area contributed by atoms with Gasteiger partial charge in [-0.1, -0.05) is 13.3 Å². The van der Waals surface area contributed by atoms with Crippen molar-refractivity contribution >= 4 is 15.9 Å². The van der Waals surface area contributed by atoms with Crippen molar-refractivity contribution in [3.8, 4) is 0 Å². The molecule has 0 unspecified atom stereocenters. The van der Waals surface area contributed by atoms with Crippen LogP contribution in [0.5, 0.6) is 0 Å². The maximum absolute atomic E-state index is 13.2. The molecule has 2 atom stereocenters. The predicted molar refractivity (Wildman–Crippen MR) is 74.5 cm³/mol. The number of nitrogens with zero attached hydrogens (tertiary/aromatic N) is 2. The van der Waals surface area contributed by atoms with E-state index in [1.54, 1.807) is 6.92 Å². The van der Waals surface area contributed by atoms with E-state index in [-0.39, 0.29) is 12.5 Å². The summed E-state index contributed by atoms with van der Waals surface area (Å²) in [6, 6.07) is 0. The number of hydrogen-bond acceptors (Lipinski definition) is 3. The van der Waals surface area contributed by atoms with Crippen molar-refractivity contribution in [1.29, 1.82) is 0 Å². The molecule has 0 radical (unpaired) electrons. The second-order valence-corrected chi connectivity index (χ2v) is 9.00. The lowest BCUT2D eigenvalue weighted by molar-refractivity contribution is -0.171. The first-order valence-electron chi connectivity index (χ1n) is 7.17. The van der Waals surface area contributed by atoms with E-state index < -0.39 is 39.3 Å². The van der Waals surface area contributed by atoms with Crippen molar-refractivity contribution in [2.45, 2.75) is 37.6 Å². The van der Waals surface area contributed by atoms with Crippen molar-refractivity contribution in [3.63, 3.8) is 0 Å². The van der Waals surface area contributed by atoms with Gasteiger partial charge in [-0.2, -0.15) is 13.2 Å². The first-order chi connectivity index (χ1) is 9.89. The molecule has 0 aromatic heterocycles. The molecule has 1 aliphatic heterocycles. The van der Waals surface area contributed by atoms with Gasteiger partial charge in [-0.3, -0.25) is 4.79 Å². The van der Waals surface area contributed by atoms with Gasteiger partial charge >= 0.3 is 6.18 Å². The van der Waals surface area contributed by atoms with E-state index in [2.05, 4.69) is 0 Å². The van der Waals surface area contributed by atoms with Gasteiger partial charge in [-0.15, -0.1) is 0 Å². The van der Waals surface area contributed by atoms with Crippen LogP contribution in [0.2, 0.25) is 0 Å². The summed E-state index contributed by atoms with van der Waals surface area (Å²) in [7, 11) is -1.67. The quantitative estimate of drug-likeness (QED) is 0.780. The number of rotatable bonds is 3. The predicted octanol–water partition coefficient (Wildman–Crippen LogP) is 1.46.